The average molecular weight is 387 g/mol. The summed E-state index contributed by atoms with van der Waals surface area (Å²) in [5, 5.41) is 5.90. The van der Waals surface area contributed by atoms with Crippen LogP contribution in [0.15, 0.2) is 30.6 Å². The topological polar surface area (TPSA) is 82.5 Å². The predicted molar refractivity (Wildman–Crippen MR) is 109 cm³/mol. The fourth-order valence-electron chi connectivity index (χ4n) is 3.42. The number of imidazole rings is 1. The molecule has 1 aromatic carbocycles. The Bertz CT molecular complexity index is 795. The number of fused-ring (bicyclic) bond motifs is 1. The number of nitrogens with zero attached hydrogens (tertiary/aromatic N) is 4. The van der Waals surface area contributed by atoms with Crippen LogP contribution < -0.4 is 10.6 Å². The second-order valence-electron chi connectivity index (χ2n) is 7.50. The number of hydrogen-bond donors (Lipinski definition) is 2. The molecule has 0 unspecified atom stereocenters. The first-order valence-electron chi connectivity index (χ1n) is 9.97. The van der Waals surface area contributed by atoms with E-state index in [4.69, 9.17) is 0 Å². The number of nitrogens with one attached hydrogen (secondary N) is 2. The fourth-order valence-corrected chi connectivity index (χ4v) is 3.42. The van der Waals surface area contributed by atoms with Crippen molar-refractivity contribution in [2.24, 2.45) is 0 Å². The average Bonchev–Trinajstić information content (AvgIpc) is 3.08. The van der Waals surface area contributed by atoms with Crippen molar-refractivity contribution in [3.63, 3.8) is 0 Å². The summed E-state index contributed by atoms with van der Waals surface area (Å²) >= 11 is 0. The van der Waals surface area contributed by atoms with E-state index >= 15 is 0 Å². The Balaban J connectivity index is 1.34. The lowest BCUT2D eigenvalue weighted by atomic mass is 10.3. The molecule has 1 aliphatic heterocycles. The van der Waals surface area contributed by atoms with E-state index in [9.17, 15) is 9.59 Å². The van der Waals surface area contributed by atoms with Crippen molar-refractivity contribution in [1.29, 1.82) is 0 Å². The molecule has 0 bridgehead atoms. The van der Waals surface area contributed by atoms with Crippen LogP contribution in [0.3, 0.4) is 0 Å². The van der Waals surface area contributed by atoms with Crippen molar-refractivity contribution >= 4 is 23.0 Å². The van der Waals surface area contributed by atoms with Crippen LogP contribution in [0.5, 0.6) is 0 Å². The SMILES string of the molecule is CC(C)NC(=O)CN1CCN(C(=O)NCCCn2cnc3ccccc32)CC1. The van der Waals surface area contributed by atoms with Crippen molar-refractivity contribution < 1.29 is 9.59 Å². The Morgan fingerprint density at radius 1 is 1.14 bits per heavy atom. The molecule has 2 heterocycles. The Morgan fingerprint density at radius 2 is 1.89 bits per heavy atom. The molecule has 0 spiro atoms. The monoisotopic (exact) mass is 386 g/mol. The van der Waals surface area contributed by atoms with Gasteiger partial charge in [-0.15, -0.1) is 0 Å². The van der Waals surface area contributed by atoms with Gasteiger partial charge >= 0.3 is 6.03 Å². The van der Waals surface area contributed by atoms with Gasteiger partial charge in [-0.25, -0.2) is 9.78 Å². The van der Waals surface area contributed by atoms with E-state index in [0.29, 0.717) is 26.2 Å². The summed E-state index contributed by atoms with van der Waals surface area (Å²) in [5.41, 5.74) is 2.11. The maximum atomic E-state index is 12.3. The quantitative estimate of drug-likeness (QED) is 0.703. The highest BCUT2D eigenvalue weighted by molar-refractivity contribution is 5.78. The minimum atomic E-state index is -0.0261. The van der Waals surface area contributed by atoms with Gasteiger partial charge in [-0.1, -0.05) is 12.1 Å². The number of carbonyl (C=O) groups excluding carboxylic acids is 2. The number of amides is 3. The van der Waals surface area contributed by atoms with Gasteiger partial charge in [-0.2, -0.15) is 0 Å². The number of benzene rings is 1. The van der Waals surface area contributed by atoms with Crippen LogP contribution >= 0.6 is 0 Å². The van der Waals surface area contributed by atoms with E-state index in [1.54, 1.807) is 0 Å². The number of aryl methyl sites for hydroxylation is 1. The minimum Gasteiger partial charge on any atom is -0.353 e. The third-order valence-corrected chi connectivity index (χ3v) is 4.86. The molecule has 2 aromatic rings. The van der Waals surface area contributed by atoms with Gasteiger partial charge in [0.05, 0.1) is 23.9 Å². The molecule has 1 aromatic heterocycles. The first-order valence-corrected chi connectivity index (χ1v) is 9.97. The van der Waals surface area contributed by atoms with Crippen LogP contribution in [-0.4, -0.2) is 76.6 Å². The first-order chi connectivity index (χ1) is 13.5. The van der Waals surface area contributed by atoms with Crippen LogP contribution in [-0.2, 0) is 11.3 Å². The molecule has 2 N–H and O–H groups in total. The van der Waals surface area contributed by atoms with Crippen molar-refractivity contribution in [2.45, 2.75) is 32.9 Å². The second kappa shape index (κ2) is 9.54. The molecular weight excluding hydrogens is 356 g/mol. The highest BCUT2D eigenvalue weighted by atomic mass is 16.2. The van der Waals surface area contributed by atoms with Gasteiger partial charge in [0.15, 0.2) is 0 Å². The number of aromatic nitrogens is 2. The van der Waals surface area contributed by atoms with Crippen molar-refractivity contribution in [2.75, 3.05) is 39.3 Å². The van der Waals surface area contributed by atoms with Gasteiger partial charge in [-0.05, 0) is 32.4 Å². The Kier molecular flexibility index (Phi) is 6.86. The molecule has 1 saturated heterocycles. The smallest absolute Gasteiger partial charge is 0.317 e. The van der Waals surface area contributed by atoms with Gasteiger partial charge in [-0.3, -0.25) is 9.69 Å². The zero-order valence-corrected chi connectivity index (χ0v) is 16.7. The summed E-state index contributed by atoms with van der Waals surface area (Å²) in [5.74, 6) is 0.0416. The van der Waals surface area contributed by atoms with Crippen molar-refractivity contribution in [1.82, 2.24) is 30.0 Å². The number of hydrogen-bond acceptors (Lipinski definition) is 4. The normalized spacial score (nSPS) is 15.2. The van der Waals surface area contributed by atoms with Gasteiger partial charge in [0.2, 0.25) is 5.91 Å². The van der Waals surface area contributed by atoms with Gasteiger partial charge in [0.1, 0.15) is 0 Å². The van der Waals surface area contributed by atoms with E-state index in [1.807, 2.05) is 43.3 Å². The van der Waals surface area contributed by atoms with E-state index < -0.39 is 0 Å². The molecule has 0 saturated carbocycles. The molecule has 28 heavy (non-hydrogen) atoms. The van der Waals surface area contributed by atoms with Crippen LogP contribution in [0.25, 0.3) is 11.0 Å². The predicted octanol–water partition coefficient (Wildman–Crippen LogP) is 1.28. The summed E-state index contributed by atoms with van der Waals surface area (Å²) in [6, 6.07) is 8.17. The molecular formula is C20H30N6O2. The molecule has 0 atom stereocenters. The molecule has 0 radical (unpaired) electrons. The molecule has 152 valence electrons. The summed E-state index contributed by atoms with van der Waals surface area (Å²) in [6.07, 6.45) is 2.70. The molecule has 8 heteroatoms. The zero-order valence-electron chi connectivity index (χ0n) is 16.7. The van der Waals surface area contributed by atoms with E-state index in [1.165, 1.54) is 0 Å². The Labute approximate surface area is 165 Å². The highest BCUT2D eigenvalue weighted by Gasteiger charge is 2.22. The first kappa shape index (κ1) is 20.1. The van der Waals surface area contributed by atoms with Crippen molar-refractivity contribution in [3.05, 3.63) is 30.6 Å². The molecule has 8 nitrogen and oxygen atoms in total. The van der Waals surface area contributed by atoms with E-state index in [-0.39, 0.29) is 18.0 Å². The van der Waals surface area contributed by atoms with E-state index in [2.05, 4.69) is 31.2 Å². The van der Waals surface area contributed by atoms with Crippen LogP contribution in [0.4, 0.5) is 4.79 Å². The van der Waals surface area contributed by atoms with Gasteiger partial charge in [0, 0.05) is 45.3 Å². The van der Waals surface area contributed by atoms with Crippen LogP contribution in [0.2, 0.25) is 0 Å². The number of rotatable bonds is 7. The Hall–Kier alpha value is -2.61. The lowest BCUT2D eigenvalue weighted by Gasteiger charge is -2.34. The number of carbonyl (C=O) groups is 2. The lowest BCUT2D eigenvalue weighted by Crippen LogP contribution is -2.53. The summed E-state index contributed by atoms with van der Waals surface area (Å²) < 4.78 is 2.11. The minimum absolute atomic E-state index is 0.0261. The highest BCUT2D eigenvalue weighted by Crippen LogP contribution is 2.11. The van der Waals surface area contributed by atoms with E-state index in [0.717, 1.165) is 37.1 Å². The lowest BCUT2D eigenvalue weighted by molar-refractivity contribution is -0.123. The molecule has 0 aliphatic carbocycles. The zero-order chi connectivity index (χ0) is 19.9. The Morgan fingerprint density at radius 3 is 2.64 bits per heavy atom. The number of piperazine rings is 1. The molecule has 1 fully saturated rings. The molecule has 3 amide bonds. The van der Waals surface area contributed by atoms with Crippen LogP contribution in [0.1, 0.15) is 20.3 Å². The number of para-hydroxylation sites is 2. The summed E-state index contributed by atoms with van der Waals surface area (Å²) in [7, 11) is 0. The van der Waals surface area contributed by atoms with Gasteiger partial charge in [0.25, 0.3) is 0 Å². The van der Waals surface area contributed by atoms with Crippen molar-refractivity contribution in [3.8, 4) is 0 Å². The maximum Gasteiger partial charge on any atom is 0.317 e. The summed E-state index contributed by atoms with van der Waals surface area (Å²) in [4.78, 5) is 32.5. The third kappa shape index (κ3) is 5.45. The van der Waals surface area contributed by atoms with Crippen LogP contribution in [0, 0.1) is 0 Å². The second-order valence-corrected chi connectivity index (χ2v) is 7.50. The standard InChI is InChI=1S/C20H30N6O2/c1-16(2)23-19(27)14-24-10-12-25(13-11-24)20(28)21-8-5-9-26-15-22-17-6-3-4-7-18(17)26/h3-4,6-7,15-16H,5,8-14H2,1-2H3,(H,21,28)(H,23,27). The molecule has 1 aliphatic rings. The largest absolute Gasteiger partial charge is 0.353 e. The number of urea groups is 1. The van der Waals surface area contributed by atoms with Gasteiger partial charge < -0.3 is 20.1 Å². The fraction of sp³-hybridized carbons (Fsp3) is 0.550. The third-order valence-electron chi connectivity index (χ3n) is 4.86. The molecule has 3 rings (SSSR count). The maximum absolute atomic E-state index is 12.3. The summed E-state index contributed by atoms with van der Waals surface area (Å²) in [6.45, 7) is 8.49.